The Labute approximate surface area is 94.3 Å². The Bertz CT molecular complexity index is 356. The van der Waals surface area contributed by atoms with Crippen molar-refractivity contribution in [3.8, 4) is 11.5 Å². The minimum Gasteiger partial charge on any atom is -0.508 e. The molecule has 0 amide bonds. The summed E-state index contributed by atoms with van der Waals surface area (Å²) in [7, 11) is 0. The molecule has 0 bridgehead atoms. The molecule has 1 aliphatic rings. The minimum atomic E-state index is -0.602. The summed E-state index contributed by atoms with van der Waals surface area (Å²) in [6.07, 6.45) is 2.54. The Morgan fingerprint density at radius 2 is 1.69 bits per heavy atom. The van der Waals surface area contributed by atoms with Gasteiger partial charge in [-0.2, -0.15) is 0 Å². The molecule has 4 heteroatoms. The van der Waals surface area contributed by atoms with Crippen LogP contribution in [-0.4, -0.2) is 21.4 Å². The van der Waals surface area contributed by atoms with E-state index in [4.69, 9.17) is 5.73 Å². The van der Waals surface area contributed by atoms with Gasteiger partial charge in [0, 0.05) is 6.07 Å². The van der Waals surface area contributed by atoms with Gasteiger partial charge in [0.1, 0.15) is 11.5 Å². The smallest absolute Gasteiger partial charge is 0.119 e. The molecule has 88 valence electrons. The predicted molar refractivity (Wildman–Crippen MR) is 60.0 cm³/mol. The number of hydrogen-bond acceptors (Lipinski definition) is 4. The van der Waals surface area contributed by atoms with Crippen LogP contribution in [0.2, 0.25) is 0 Å². The first kappa shape index (κ1) is 11.2. The van der Waals surface area contributed by atoms with Crippen LogP contribution in [0, 0.1) is 5.92 Å². The van der Waals surface area contributed by atoms with Crippen LogP contribution in [0.5, 0.6) is 11.5 Å². The van der Waals surface area contributed by atoms with E-state index in [1.807, 2.05) is 0 Å². The molecule has 0 aromatic heterocycles. The van der Waals surface area contributed by atoms with Crippen LogP contribution in [-0.2, 0) is 0 Å². The Balaban J connectivity index is 2.15. The first-order valence-corrected chi connectivity index (χ1v) is 5.54. The van der Waals surface area contributed by atoms with E-state index in [1.165, 1.54) is 18.2 Å². The van der Waals surface area contributed by atoms with Crippen LogP contribution in [0.1, 0.15) is 30.9 Å². The van der Waals surface area contributed by atoms with Crippen molar-refractivity contribution in [3.05, 3.63) is 23.8 Å². The number of aliphatic hydroxyl groups is 1. The average Bonchev–Trinajstić information content (AvgIpc) is 2.12. The Kier molecular flexibility index (Phi) is 3.03. The van der Waals surface area contributed by atoms with Gasteiger partial charge in [0.15, 0.2) is 0 Å². The van der Waals surface area contributed by atoms with Gasteiger partial charge in [0.25, 0.3) is 0 Å². The number of phenolic OH excluding ortho intramolecular Hbond substituents is 2. The lowest BCUT2D eigenvalue weighted by Gasteiger charge is -2.33. The SMILES string of the molecule is N[C@@H](c1cc(O)cc(O)c1)[C@H](O)C1CCC1. The van der Waals surface area contributed by atoms with E-state index in [2.05, 4.69) is 0 Å². The summed E-state index contributed by atoms with van der Waals surface area (Å²) in [6.45, 7) is 0. The second-order valence-electron chi connectivity index (χ2n) is 4.49. The molecule has 1 fully saturated rings. The van der Waals surface area contributed by atoms with Crippen molar-refractivity contribution in [1.29, 1.82) is 0 Å². The molecule has 1 saturated carbocycles. The maximum absolute atomic E-state index is 9.98. The molecule has 5 N–H and O–H groups in total. The summed E-state index contributed by atoms with van der Waals surface area (Å²) in [4.78, 5) is 0. The number of phenols is 2. The highest BCUT2D eigenvalue weighted by molar-refractivity contribution is 5.38. The van der Waals surface area contributed by atoms with Gasteiger partial charge in [-0.25, -0.2) is 0 Å². The van der Waals surface area contributed by atoms with E-state index < -0.39 is 12.1 Å². The van der Waals surface area contributed by atoms with Crippen molar-refractivity contribution in [2.24, 2.45) is 11.7 Å². The Morgan fingerprint density at radius 1 is 1.12 bits per heavy atom. The molecule has 1 aromatic rings. The maximum Gasteiger partial charge on any atom is 0.119 e. The zero-order valence-electron chi connectivity index (χ0n) is 9.00. The van der Waals surface area contributed by atoms with Crippen LogP contribution in [0.4, 0.5) is 0 Å². The number of hydrogen-bond donors (Lipinski definition) is 4. The van der Waals surface area contributed by atoms with Gasteiger partial charge < -0.3 is 21.1 Å². The summed E-state index contributed by atoms with van der Waals surface area (Å²) in [5, 5.41) is 28.7. The van der Waals surface area contributed by atoms with Crippen LogP contribution in [0.3, 0.4) is 0 Å². The number of aliphatic hydroxyl groups excluding tert-OH is 1. The van der Waals surface area contributed by atoms with Gasteiger partial charge >= 0.3 is 0 Å². The van der Waals surface area contributed by atoms with Gasteiger partial charge in [0.05, 0.1) is 12.1 Å². The van der Waals surface area contributed by atoms with Crippen molar-refractivity contribution in [3.63, 3.8) is 0 Å². The average molecular weight is 223 g/mol. The molecule has 16 heavy (non-hydrogen) atoms. The van der Waals surface area contributed by atoms with E-state index in [9.17, 15) is 15.3 Å². The van der Waals surface area contributed by atoms with Crippen LogP contribution in [0.15, 0.2) is 18.2 Å². The van der Waals surface area contributed by atoms with E-state index in [0.717, 1.165) is 19.3 Å². The molecule has 0 radical (unpaired) electrons. The van der Waals surface area contributed by atoms with Gasteiger partial charge in [-0.3, -0.25) is 0 Å². The molecule has 4 nitrogen and oxygen atoms in total. The summed E-state index contributed by atoms with van der Waals surface area (Å²) < 4.78 is 0. The van der Waals surface area contributed by atoms with Crippen molar-refractivity contribution in [2.45, 2.75) is 31.4 Å². The maximum atomic E-state index is 9.98. The van der Waals surface area contributed by atoms with Gasteiger partial charge in [-0.15, -0.1) is 0 Å². The van der Waals surface area contributed by atoms with Crippen LogP contribution in [0.25, 0.3) is 0 Å². The first-order valence-electron chi connectivity index (χ1n) is 5.54. The van der Waals surface area contributed by atoms with E-state index in [0.29, 0.717) is 5.56 Å². The number of rotatable bonds is 3. The third-order valence-electron chi connectivity index (χ3n) is 3.31. The minimum absolute atomic E-state index is 0.0359. The second-order valence-corrected chi connectivity index (χ2v) is 4.49. The molecule has 2 rings (SSSR count). The Hall–Kier alpha value is -1.26. The largest absolute Gasteiger partial charge is 0.508 e. The summed E-state index contributed by atoms with van der Waals surface area (Å²) in [6, 6.07) is 3.65. The van der Waals surface area contributed by atoms with Gasteiger partial charge in [-0.1, -0.05) is 6.42 Å². The lowest BCUT2D eigenvalue weighted by atomic mass is 9.77. The highest BCUT2D eigenvalue weighted by Crippen LogP contribution is 2.35. The quantitative estimate of drug-likeness (QED) is 0.621. The number of aromatic hydroxyl groups is 2. The molecule has 1 aliphatic carbocycles. The summed E-state index contributed by atoms with van der Waals surface area (Å²) in [5.74, 6) is 0.178. The van der Waals surface area contributed by atoms with Crippen molar-refractivity contribution < 1.29 is 15.3 Å². The van der Waals surface area contributed by atoms with Crippen LogP contribution >= 0.6 is 0 Å². The molecule has 0 spiro atoms. The van der Waals surface area contributed by atoms with Gasteiger partial charge in [0.2, 0.25) is 0 Å². The lowest BCUT2D eigenvalue weighted by Crippen LogP contribution is -2.36. The number of benzene rings is 1. The molecule has 0 heterocycles. The fourth-order valence-electron chi connectivity index (χ4n) is 2.08. The molecule has 1 aromatic carbocycles. The Morgan fingerprint density at radius 3 is 2.12 bits per heavy atom. The fraction of sp³-hybridized carbons (Fsp3) is 0.500. The third-order valence-corrected chi connectivity index (χ3v) is 3.31. The fourth-order valence-corrected chi connectivity index (χ4v) is 2.08. The third kappa shape index (κ3) is 2.13. The van der Waals surface area contributed by atoms with E-state index in [1.54, 1.807) is 0 Å². The monoisotopic (exact) mass is 223 g/mol. The summed E-state index contributed by atoms with van der Waals surface area (Å²) >= 11 is 0. The highest BCUT2D eigenvalue weighted by atomic mass is 16.3. The normalized spacial score (nSPS) is 20.1. The topological polar surface area (TPSA) is 86.7 Å². The highest BCUT2D eigenvalue weighted by Gasteiger charge is 2.30. The molecule has 0 aliphatic heterocycles. The zero-order valence-corrected chi connectivity index (χ0v) is 9.00. The molecule has 0 saturated heterocycles. The van der Waals surface area contributed by atoms with Crippen molar-refractivity contribution in [1.82, 2.24) is 0 Å². The molecular formula is C12H17NO3. The molecular weight excluding hydrogens is 206 g/mol. The zero-order chi connectivity index (χ0) is 11.7. The van der Waals surface area contributed by atoms with Crippen molar-refractivity contribution in [2.75, 3.05) is 0 Å². The van der Waals surface area contributed by atoms with Crippen LogP contribution < -0.4 is 5.73 Å². The molecule has 0 unspecified atom stereocenters. The lowest BCUT2D eigenvalue weighted by molar-refractivity contribution is 0.0413. The second kappa shape index (κ2) is 4.31. The van der Waals surface area contributed by atoms with Crippen molar-refractivity contribution >= 4 is 0 Å². The van der Waals surface area contributed by atoms with E-state index in [-0.39, 0.29) is 17.4 Å². The predicted octanol–water partition coefficient (Wildman–Crippen LogP) is 1.26. The van der Waals surface area contributed by atoms with E-state index >= 15 is 0 Å². The summed E-state index contributed by atoms with van der Waals surface area (Å²) in [5.41, 5.74) is 6.48. The van der Waals surface area contributed by atoms with Gasteiger partial charge in [-0.05, 0) is 36.5 Å². The first-order chi connectivity index (χ1) is 7.58. The number of nitrogens with two attached hydrogens (primary N) is 1. The standard InChI is InChI=1S/C12H17NO3/c13-11(12(16)7-2-1-3-7)8-4-9(14)6-10(15)5-8/h4-7,11-12,14-16H,1-3,13H2/t11-,12+/m0/s1. The molecule has 2 atom stereocenters.